The number of aromatic nitrogens is 2. The average molecular weight is 422 g/mol. The van der Waals surface area contributed by atoms with Gasteiger partial charge in [0.1, 0.15) is 5.82 Å². The molecule has 10 N–H and O–H groups in total. The Morgan fingerprint density at radius 3 is 2.21 bits per heavy atom. The third kappa shape index (κ3) is 3.65. The van der Waals surface area contributed by atoms with E-state index in [9.17, 15) is 50.4 Å². The summed E-state index contributed by atoms with van der Waals surface area (Å²) in [6.45, 7) is -0.129. The van der Waals surface area contributed by atoms with Crippen LogP contribution >= 0.6 is 0 Å². The van der Waals surface area contributed by atoms with Crippen LogP contribution in [0.25, 0.3) is 0 Å². The van der Waals surface area contributed by atoms with Crippen LogP contribution in [-0.2, 0) is 9.53 Å². The number of methoxy groups -OCH3 is 1. The minimum Gasteiger partial charge on any atom is -0.453 e. The zero-order valence-electron chi connectivity index (χ0n) is 15.1. The number of carbonyl (C=O) groups is 2. The van der Waals surface area contributed by atoms with Gasteiger partial charge in [0.15, 0.2) is 0 Å². The highest BCUT2D eigenvalue weighted by Crippen LogP contribution is 2.40. The van der Waals surface area contributed by atoms with Gasteiger partial charge in [-0.1, -0.05) is 0 Å². The zero-order valence-corrected chi connectivity index (χ0v) is 15.1. The smallest absolute Gasteiger partial charge is 0.409 e. The Balaban J connectivity index is 2.62. The number of ether oxygens (including phenoxy) is 1. The molecular weight excluding hydrogens is 400 g/mol. The normalized spacial score (nSPS) is 20.3. The molecule has 2 rings (SSSR count). The van der Waals surface area contributed by atoms with E-state index in [1.807, 2.05) is 0 Å². The number of alkyl carbamates (subject to hydrolysis) is 1. The highest BCUT2D eigenvalue weighted by atomic mass is 16.7. The number of amides is 2. The minimum absolute atomic E-state index is 0.129. The van der Waals surface area contributed by atoms with Gasteiger partial charge in [0, 0.05) is 18.9 Å². The van der Waals surface area contributed by atoms with Crippen molar-refractivity contribution in [3.63, 3.8) is 0 Å². The molecule has 0 saturated carbocycles. The summed E-state index contributed by atoms with van der Waals surface area (Å²) in [5, 5.41) is 79.4. The molecule has 1 saturated heterocycles. The van der Waals surface area contributed by atoms with Crippen LogP contribution in [0.15, 0.2) is 12.4 Å². The lowest BCUT2D eigenvalue weighted by Gasteiger charge is -2.49. The molecule has 1 aliphatic heterocycles. The Labute approximate surface area is 162 Å². The van der Waals surface area contributed by atoms with Gasteiger partial charge in [-0.3, -0.25) is 10.1 Å². The van der Waals surface area contributed by atoms with Crippen molar-refractivity contribution in [2.75, 3.05) is 13.7 Å². The first-order chi connectivity index (χ1) is 13.2. The number of nitrogens with zero attached hydrogens (tertiary/aromatic N) is 2. The molecule has 2 unspecified atom stereocenters. The quantitative estimate of drug-likeness (QED) is 0.194. The van der Waals surface area contributed by atoms with E-state index in [-0.39, 0.29) is 18.8 Å². The van der Waals surface area contributed by atoms with E-state index in [1.165, 1.54) is 17.7 Å². The monoisotopic (exact) mass is 422 g/mol. The van der Waals surface area contributed by atoms with E-state index in [0.29, 0.717) is 6.42 Å². The summed E-state index contributed by atoms with van der Waals surface area (Å²) in [6, 6.07) is -0.885. The SMILES string of the molecule is COC(=O)NC(O)(C(=O)N1CCCC1c1ncc[nH]1)C(O)(C(O)(O)O)C(O)(O)O. The summed E-state index contributed by atoms with van der Waals surface area (Å²) in [6.07, 6.45) is 1.70. The molecule has 164 valence electrons. The molecule has 2 heterocycles. The van der Waals surface area contributed by atoms with Crippen LogP contribution in [0.1, 0.15) is 24.7 Å². The predicted molar refractivity (Wildman–Crippen MR) is 86.5 cm³/mol. The van der Waals surface area contributed by atoms with Gasteiger partial charge in [0.25, 0.3) is 17.2 Å². The number of H-pyrrole nitrogens is 1. The van der Waals surface area contributed by atoms with Crippen LogP contribution in [0.4, 0.5) is 4.79 Å². The van der Waals surface area contributed by atoms with Gasteiger partial charge in [-0.25, -0.2) is 9.78 Å². The second-order valence-electron chi connectivity index (χ2n) is 6.44. The van der Waals surface area contributed by atoms with Gasteiger partial charge >= 0.3 is 18.0 Å². The van der Waals surface area contributed by atoms with Crippen molar-refractivity contribution in [1.29, 1.82) is 0 Å². The fourth-order valence-electron chi connectivity index (χ4n) is 3.17. The number of likely N-dealkylation sites (tertiary alicyclic amines) is 1. The van der Waals surface area contributed by atoms with Gasteiger partial charge in [0.05, 0.1) is 13.2 Å². The van der Waals surface area contributed by atoms with Gasteiger partial charge in [-0.05, 0) is 12.8 Å². The number of rotatable bonds is 6. The van der Waals surface area contributed by atoms with Crippen molar-refractivity contribution in [3.8, 4) is 0 Å². The predicted octanol–water partition coefficient (Wildman–Crippen LogP) is -4.89. The van der Waals surface area contributed by atoms with Crippen LogP contribution in [0.5, 0.6) is 0 Å². The summed E-state index contributed by atoms with van der Waals surface area (Å²) in [7, 11) is 0.759. The van der Waals surface area contributed by atoms with Crippen LogP contribution in [0.2, 0.25) is 0 Å². The maximum atomic E-state index is 13.1. The highest BCUT2D eigenvalue weighted by molar-refractivity contribution is 5.90. The molecule has 0 bridgehead atoms. The largest absolute Gasteiger partial charge is 0.453 e. The van der Waals surface area contributed by atoms with Crippen molar-refractivity contribution < 1.29 is 55.2 Å². The fraction of sp³-hybridized carbons (Fsp3) is 0.643. The molecular formula is C14H22N4O11. The van der Waals surface area contributed by atoms with Crippen LogP contribution in [0.3, 0.4) is 0 Å². The lowest BCUT2D eigenvalue weighted by molar-refractivity contribution is -0.518. The molecule has 0 aromatic carbocycles. The zero-order chi connectivity index (χ0) is 22.3. The second kappa shape index (κ2) is 7.47. The van der Waals surface area contributed by atoms with Crippen molar-refractivity contribution in [2.45, 2.75) is 42.2 Å². The number of imidazole rings is 1. The van der Waals surface area contributed by atoms with Crippen molar-refractivity contribution in [1.82, 2.24) is 20.2 Å². The van der Waals surface area contributed by atoms with E-state index >= 15 is 0 Å². The van der Waals surface area contributed by atoms with Gasteiger partial charge in [-0.15, -0.1) is 0 Å². The molecule has 0 spiro atoms. The molecule has 15 nitrogen and oxygen atoms in total. The molecule has 29 heavy (non-hydrogen) atoms. The van der Waals surface area contributed by atoms with E-state index in [4.69, 9.17) is 0 Å². The third-order valence-electron chi connectivity index (χ3n) is 4.62. The van der Waals surface area contributed by atoms with Crippen molar-refractivity contribution in [2.24, 2.45) is 0 Å². The number of carbonyl (C=O) groups excluding carboxylic acids is 2. The van der Waals surface area contributed by atoms with Crippen molar-refractivity contribution in [3.05, 3.63) is 18.2 Å². The van der Waals surface area contributed by atoms with Gasteiger partial charge < -0.3 is 55.5 Å². The first kappa shape index (κ1) is 22.9. The summed E-state index contributed by atoms with van der Waals surface area (Å²) < 4.78 is 4.18. The lowest BCUT2D eigenvalue weighted by Crippen LogP contribution is -2.85. The Kier molecular flexibility index (Phi) is 5.90. The molecule has 2 atom stereocenters. The summed E-state index contributed by atoms with van der Waals surface area (Å²) in [4.78, 5) is 32.2. The molecule has 1 aliphatic rings. The van der Waals surface area contributed by atoms with E-state index < -0.39 is 41.3 Å². The Morgan fingerprint density at radius 2 is 1.76 bits per heavy atom. The molecule has 0 aliphatic carbocycles. The standard InChI is InChI=1S/C14H22N4O11/c1-29-10(20)17-11(21,12(22,13(23,24)25)14(26,27)28)9(19)18-6-2-3-7(18)8-15-4-5-16-8/h4-5,7,21-28H,2-3,6H2,1H3,(H,15,16)(H,17,20). The first-order valence-electron chi connectivity index (χ1n) is 8.16. The van der Waals surface area contributed by atoms with Crippen molar-refractivity contribution >= 4 is 12.0 Å². The Morgan fingerprint density at radius 1 is 1.17 bits per heavy atom. The number of hydrogen-bond donors (Lipinski definition) is 10. The van der Waals surface area contributed by atoms with E-state index in [2.05, 4.69) is 14.7 Å². The Hall–Kier alpha value is -2.37. The molecule has 1 aromatic heterocycles. The van der Waals surface area contributed by atoms with Crippen LogP contribution in [0, 0.1) is 0 Å². The van der Waals surface area contributed by atoms with Gasteiger partial charge in [-0.2, -0.15) is 0 Å². The highest BCUT2D eigenvalue weighted by Gasteiger charge is 2.78. The lowest BCUT2D eigenvalue weighted by atomic mass is 9.83. The first-order valence-corrected chi connectivity index (χ1v) is 8.16. The summed E-state index contributed by atoms with van der Waals surface area (Å²) >= 11 is 0. The van der Waals surface area contributed by atoms with E-state index in [1.54, 1.807) is 0 Å². The number of hydrogen-bond acceptors (Lipinski definition) is 12. The number of nitrogens with one attached hydrogen (secondary N) is 2. The van der Waals surface area contributed by atoms with Crippen LogP contribution in [-0.4, -0.2) is 105 Å². The minimum atomic E-state index is -4.74. The van der Waals surface area contributed by atoms with E-state index in [0.717, 1.165) is 12.0 Å². The molecule has 1 fully saturated rings. The fourth-order valence-corrected chi connectivity index (χ4v) is 3.17. The third-order valence-corrected chi connectivity index (χ3v) is 4.62. The number of aromatic amines is 1. The molecule has 2 amide bonds. The van der Waals surface area contributed by atoms with Gasteiger partial charge in [0.2, 0.25) is 0 Å². The van der Waals surface area contributed by atoms with Crippen LogP contribution < -0.4 is 5.32 Å². The summed E-state index contributed by atoms with van der Waals surface area (Å²) in [5.74, 6) is -11.0. The molecule has 0 radical (unpaired) electrons. The Bertz CT molecular complexity index is 728. The maximum absolute atomic E-state index is 13.1. The second-order valence-corrected chi connectivity index (χ2v) is 6.44. The average Bonchev–Trinajstić information content (AvgIpc) is 3.28. The molecule has 1 aromatic rings. The topological polar surface area (TPSA) is 249 Å². The number of aliphatic hydroxyl groups is 8. The summed E-state index contributed by atoms with van der Waals surface area (Å²) in [5.41, 5.74) is -8.85. The molecule has 15 heteroatoms. The maximum Gasteiger partial charge on any atom is 0.409 e.